The molecule has 350 valence electrons. The Balaban J connectivity index is 1.55. The van der Waals surface area contributed by atoms with Gasteiger partial charge in [0.25, 0.3) is 5.91 Å². The third-order valence-corrected chi connectivity index (χ3v) is 11.2. The first-order valence-electron chi connectivity index (χ1n) is 21.8. The summed E-state index contributed by atoms with van der Waals surface area (Å²) >= 11 is 6.64. The molecule has 4 aromatic rings. The maximum absolute atomic E-state index is 14.7. The Morgan fingerprint density at radius 1 is 0.955 bits per heavy atom. The van der Waals surface area contributed by atoms with Gasteiger partial charge in [-0.05, 0) is 92.7 Å². The van der Waals surface area contributed by atoms with Crippen LogP contribution in [-0.2, 0) is 32.0 Å². The number of fused-ring (bicyclic) bond motifs is 5. The standard InChI is InChI=1S/C47H58ClN11O7/c1-5-6-7-29-8-11-32(36(48)23-29)42-54-26-35(27(2)55-42)44(61)57-37(14-15-49)47(64)59(4)41-31-10-13-40(66-21-18-52)34(25-31)33-22-30(9-12-39(33)65-20-17-51)24-38(45(62)53-19-16-50)58-43(60)28(3)56-46(41)63/h8-13,22-23,25-26,28,37-38,41H,5-7,14-15,17-21,24,49,51-52H2,1-4H3,(H,53,62)(H,56,63)(H,57,61)(H,58,60). The molecule has 3 aromatic carbocycles. The molecule has 0 radical (unpaired) electrons. The fourth-order valence-corrected chi connectivity index (χ4v) is 7.75. The van der Waals surface area contributed by atoms with E-state index in [1.165, 1.54) is 25.1 Å². The van der Waals surface area contributed by atoms with Gasteiger partial charge < -0.3 is 52.8 Å². The van der Waals surface area contributed by atoms with Gasteiger partial charge in [-0.2, -0.15) is 5.26 Å². The van der Waals surface area contributed by atoms with Crippen molar-refractivity contribution in [2.75, 3.05) is 46.4 Å². The molecule has 1 aromatic heterocycles. The highest BCUT2D eigenvalue weighted by Crippen LogP contribution is 2.40. The molecule has 18 nitrogen and oxygen atoms in total. The molecule has 19 heteroatoms. The van der Waals surface area contributed by atoms with Crippen molar-refractivity contribution in [2.24, 2.45) is 17.2 Å². The van der Waals surface area contributed by atoms with Gasteiger partial charge in [-0.15, -0.1) is 0 Å². The number of carbonyl (C=O) groups is 5. The lowest BCUT2D eigenvalue weighted by atomic mass is 9.93. The number of halogens is 1. The molecule has 4 bridgehead atoms. The van der Waals surface area contributed by atoms with Crippen LogP contribution in [0.15, 0.2) is 60.8 Å². The van der Waals surface area contributed by atoms with Gasteiger partial charge in [-0.1, -0.05) is 43.1 Å². The molecule has 10 N–H and O–H groups in total. The predicted octanol–water partition coefficient (Wildman–Crippen LogP) is 2.62. The number of nitriles is 1. The molecule has 1 aliphatic rings. The number of hydrogen-bond acceptors (Lipinski definition) is 13. The lowest BCUT2D eigenvalue weighted by Gasteiger charge is -2.32. The molecule has 0 spiro atoms. The average molecular weight is 925 g/mol. The smallest absolute Gasteiger partial charge is 0.255 e. The third-order valence-electron chi connectivity index (χ3n) is 10.9. The van der Waals surface area contributed by atoms with Gasteiger partial charge in [-0.3, -0.25) is 24.0 Å². The van der Waals surface area contributed by atoms with E-state index in [1.54, 1.807) is 43.3 Å². The van der Waals surface area contributed by atoms with Crippen LogP contribution in [0.4, 0.5) is 0 Å². The summed E-state index contributed by atoms with van der Waals surface area (Å²) in [7, 11) is 1.40. The van der Waals surface area contributed by atoms with E-state index in [1.807, 2.05) is 24.3 Å². The molecule has 4 unspecified atom stereocenters. The highest BCUT2D eigenvalue weighted by molar-refractivity contribution is 6.33. The SMILES string of the molecule is CCCCc1ccc(-c2ncc(C(=O)NC(CCN)C(=O)N(C)C3C(=O)NC(C)C(=O)NC(C(=O)NCC#N)Cc4ccc(OCCN)c(c4)-c4cc3ccc4OCCN)c(C)n2)c(Cl)c1. The molecule has 4 atom stereocenters. The van der Waals surface area contributed by atoms with Crippen molar-refractivity contribution in [2.45, 2.75) is 77.0 Å². The zero-order chi connectivity index (χ0) is 47.9. The molecule has 5 amide bonds. The number of unbranched alkanes of at least 4 members (excludes halogenated alkanes) is 1. The second-order valence-electron chi connectivity index (χ2n) is 15.8. The Morgan fingerprint density at radius 2 is 1.65 bits per heavy atom. The van der Waals surface area contributed by atoms with Crippen molar-refractivity contribution in [1.82, 2.24) is 36.1 Å². The van der Waals surface area contributed by atoms with Gasteiger partial charge in [-0.25, -0.2) is 9.97 Å². The van der Waals surface area contributed by atoms with Crippen LogP contribution < -0.4 is 47.9 Å². The van der Waals surface area contributed by atoms with Crippen molar-refractivity contribution < 1.29 is 33.4 Å². The minimum absolute atomic E-state index is 0.00222. The fourth-order valence-electron chi connectivity index (χ4n) is 7.46. The molecular weight excluding hydrogens is 866 g/mol. The number of nitrogens with one attached hydrogen (secondary N) is 4. The van der Waals surface area contributed by atoms with Crippen LogP contribution in [0.2, 0.25) is 5.02 Å². The summed E-state index contributed by atoms with van der Waals surface area (Å²) in [5.41, 5.74) is 21.7. The van der Waals surface area contributed by atoms with Crippen LogP contribution in [0.1, 0.15) is 71.9 Å². The van der Waals surface area contributed by atoms with E-state index in [-0.39, 0.29) is 57.8 Å². The number of ether oxygens (including phenoxy) is 2. The number of carbonyl (C=O) groups excluding carboxylic acids is 5. The monoisotopic (exact) mass is 923 g/mol. The number of hydrogen-bond donors (Lipinski definition) is 7. The summed E-state index contributed by atoms with van der Waals surface area (Å²) in [5, 5.41) is 20.3. The Kier molecular flexibility index (Phi) is 18.3. The van der Waals surface area contributed by atoms with Crippen LogP contribution >= 0.6 is 11.6 Å². The second-order valence-corrected chi connectivity index (χ2v) is 16.2. The normalized spacial score (nSPS) is 16.4. The van der Waals surface area contributed by atoms with Crippen molar-refractivity contribution >= 4 is 41.1 Å². The summed E-state index contributed by atoms with van der Waals surface area (Å²) in [6.45, 7) is 5.53. The van der Waals surface area contributed by atoms with Gasteiger partial charge in [0.1, 0.15) is 55.4 Å². The first-order valence-corrected chi connectivity index (χ1v) is 22.2. The van der Waals surface area contributed by atoms with E-state index in [0.717, 1.165) is 24.8 Å². The lowest BCUT2D eigenvalue weighted by Crippen LogP contribution is -2.56. The minimum Gasteiger partial charge on any atom is -0.492 e. The van der Waals surface area contributed by atoms with Crippen molar-refractivity contribution in [3.63, 3.8) is 0 Å². The fraction of sp³-hybridized carbons (Fsp3) is 0.404. The van der Waals surface area contributed by atoms with Gasteiger partial charge in [0.05, 0.1) is 22.3 Å². The molecule has 1 aliphatic heterocycles. The Hall–Kier alpha value is -6.65. The molecule has 5 rings (SSSR count). The van der Waals surface area contributed by atoms with E-state index >= 15 is 0 Å². The largest absolute Gasteiger partial charge is 0.492 e. The van der Waals surface area contributed by atoms with Gasteiger partial charge in [0.15, 0.2) is 5.82 Å². The summed E-state index contributed by atoms with van der Waals surface area (Å²) < 4.78 is 12.2. The van der Waals surface area contributed by atoms with E-state index < -0.39 is 53.7 Å². The highest BCUT2D eigenvalue weighted by atomic mass is 35.5. The third kappa shape index (κ3) is 12.6. The number of nitrogens with zero attached hydrogens (tertiary/aromatic N) is 4. The van der Waals surface area contributed by atoms with E-state index in [2.05, 4.69) is 38.2 Å². The minimum atomic E-state index is -1.41. The predicted molar refractivity (Wildman–Crippen MR) is 249 cm³/mol. The molecule has 0 saturated carbocycles. The summed E-state index contributed by atoms with van der Waals surface area (Å²) in [6, 6.07) is 12.7. The lowest BCUT2D eigenvalue weighted by molar-refractivity contribution is -0.141. The van der Waals surface area contributed by atoms with Crippen molar-refractivity contribution in [1.29, 1.82) is 5.26 Å². The van der Waals surface area contributed by atoms with Crippen LogP contribution in [0.3, 0.4) is 0 Å². The highest BCUT2D eigenvalue weighted by Gasteiger charge is 2.36. The van der Waals surface area contributed by atoms with Crippen molar-refractivity contribution in [3.8, 4) is 40.1 Å². The first kappa shape index (κ1) is 50.4. The van der Waals surface area contributed by atoms with Crippen LogP contribution in [0.25, 0.3) is 22.5 Å². The maximum Gasteiger partial charge on any atom is 0.255 e. The molecule has 2 heterocycles. The summed E-state index contributed by atoms with van der Waals surface area (Å²) in [5.74, 6) is -2.33. The van der Waals surface area contributed by atoms with Gasteiger partial charge >= 0.3 is 0 Å². The number of rotatable bonds is 18. The maximum atomic E-state index is 14.7. The topological polar surface area (TPSA) is 283 Å². The number of likely N-dealkylation sites (N-methyl/N-ethyl adjacent to an activating group) is 1. The molecule has 0 aliphatic carbocycles. The summed E-state index contributed by atoms with van der Waals surface area (Å²) in [4.78, 5) is 80.4. The zero-order valence-electron chi connectivity index (χ0n) is 37.6. The molecule has 0 fully saturated rings. The number of nitrogens with two attached hydrogens (primary N) is 3. The van der Waals surface area contributed by atoms with Crippen LogP contribution in [-0.4, -0.2) is 109 Å². The van der Waals surface area contributed by atoms with E-state index in [9.17, 15) is 24.0 Å². The molecular formula is C47H58ClN11O7. The number of amides is 5. The average Bonchev–Trinajstić information content (AvgIpc) is 3.30. The van der Waals surface area contributed by atoms with E-state index in [4.69, 9.17) is 43.5 Å². The first-order chi connectivity index (χ1) is 31.7. The quantitative estimate of drug-likeness (QED) is 0.0708. The molecule has 66 heavy (non-hydrogen) atoms. The van der Waals surface area contributed by atoms with Gasteiger partial charge in [0, 0.05) is 49.4 Å². The zero-order valence-corrected chi connectivity index (χ0v) is 38.4. The molecule has 0 saturated heterocycles. The van der Waals surface area contributed by atoms with E-state index in [0.29, 0.717) is 55.9 Å². The Morgan fingerprint density at radius 3 is 2.29 bits per heavy atom. The van der Waals surface area contributed by atoms with Gasteiger partial charge in [0.2, 0.25) is 23.6 Å². The number of benzene rings is 3. The number of aryl methyl sites for hydroxylation is 2. The van der Waals surface area contributed by atoms with Crippen molar-refractivity contribution in [3.05, 3.63) is 93.8 Å². The second kappa shape index (κ2) is 24.0. The Bertz CT molecular complexity index is 2450. The number of aromatic nitrogens is 2. The van der Waals surface area contributed by atoms with Crippen LogP contribution in [0.5, 0.6) is 11.5 Å². The Labute approximate surface area is 389 Å². The summed E-state index contributed by atoms with van der Waals surface area (Å²) in [6.07, 6.45) is 4.32. The van der Waals surface area contributed by atoms with Crippen LogP contribution in [0, 0.1) is 18.3 Å².